The van der Waals surface area contributed by atoms with Crippen molar-refractivity contribution in [2.75, 3.05) is 0 Å². The van der Waals surface area contributed by atoms with Crippen LogP contribution in [0.5, 0.6) is 5.75 Å². The molecule has 0 aromatic heterocycles. The molecule has 1 aromatic carbocycles. The van der Waals surface area contributed by atoms with Gasteiger partial charge in [-0.05, 0) is 61.6 Å². The third-order valence-electron chi connectivity index (χ3n) is 5.40. The summed E-state index contributed by atoms with van der Waals surface area (Å²) in [4.78, 5) is 4.73. The van der Waals surface area contributed by atoms with Crippen molar-refractivity contribution in [3.63, 3.8) is 0 Å². The summed E-state index contributed by atoms with van der Waals surface area (Å²) in [6, 6.07) is 1.64. The zero-order valence-corrected chi connectivity index (χ0v) is 13.6. The van der Waals surface area contributed by atoms with Crippen molar-refractivity contribution in [1.29, 1.82) is 0 Å². The van der Waals surface area contributed by atoms with Gasteiger partial charge >= 0.3 is 0 Å². The third-order valence-corrected chi connectivity index (χ3v) is 5.40. The molecule has 130 valence electrons. The van der Waals surface area contributed by atoms with E-state index >= 15 is 0 Å². The molecule has 1 saturated carbocycles. The number of benzene rings is 1. The maximum absolute atomic E-state index is 14.2. The molecule has 5 heteroatoms. The second-order valence-corrected chi connectivity index (χ2v) is 7.09. The molecular weight excluding hydrogens is 302 g/mol. The van der Waals surface area contributed by atoms with Crippen molar-refractivity contribution in [3.8, 4) is 5.75 Å². The van der Waals surface area contributed by atoms with Crippen LogP contribution in [0.25, 0.3) is 0 Å². The van der Waals surface area contributed by atoms with Gasteiger partial charge in [0.15, 0.2) is 11.6 Å². The fraction of sp³-hybridized carbons (Fsp3) is 0.667. The molecule has 1 heterocycles. The summed E-state index contributed by atoms with van der Waals surface area (Å²) >= 11 is 0. The number of ether oxygens (including phenoxy) is 1. The summed E-state index contributed by atoms with van der Waals surface area (Å²) in [5, 5.41) is 9.36. The molecular formula is C18H26F2O3. The lowest BCUT2D eigenvalue weighted by Gasteiger charge is -2.37. The SMILES string of the molecule is Cc1cc2c(c(F)c1F)OC(C(OO)C1CCC(C)CC1)CC2.[HH]. The van der Waals surface area contributed by atoms with E-state index < -0.39 is 23.8 Å². The predicted octanol–water partition coefficient (Wildman–Crippen LogP) is 4.90. The third kappa shape index (κ3) is 3.22. The summed E-state index contributed by atoms with van der Waals surface area (Å²) in [6.07, 6.45) is 4.41. The smallest absolute Gasteiger partial charge is 0.201 e. The largest absolute Gasteiger partial charge is 0.484 e. The highest BCUT2D eigenvalue weighted by Gasteiger charge is 2.37. The lowest BCUT2D eigenvalue weighted by atomic mass is 9.78. The number of halogens is 2. The summed E-state index contributed by atoms with van der Waals surface area (Å²) < 4.78 is 33.7. The van der Waals surface area contributed by atoms with Crippen LogP contribution in [0.4, 0.5) is 8.78 Å². The molecule has 3 nitrogen and oxygen atoms in total. The van der Waals surface area contributed by atoms with Gasteiger partial charge in [0.05, 0.1) is 0 Å². The fourth-order valence-electron chi connectivity index (χ4n) is 3.93. The average molecular weight is 328 g/mol. The Balaban J connectivity index is 0.00000208. The molecule has 3 rings (SSSR count). The van der Waals surface area contributed by atoms with E-state index in [0.717, 1.165) is 25.7 Å². The molecule has 2 unspecified atom stereocenters. The Kier molecular flexibility index (Phi) is 4.87. The molecule has 0 saturated heterocycles. The molecule has 0 spiro atoms. The zero-order valence-electron chi connectivity index (χ0n) is 13.6. The topological polar surface area (TPSA) is 38.7 Å². The lowest BCUT2D eigenvalue weighted by molar-refractivity contribution is -0.309. The summed E-state index contributed by atoms with van der Waals surface area (Å²) in [5.41, 5.74) is 0.978. The molecule has 1 aliphatic heterocycles. The standard InChI is InChI=1S/C18H24F2O3.H2/c1-10-3-5-12(6-4-10)17(23-21)14-8-7-13-9-11(2)15(19)16(20)18(13)22-14;/h9-10,12,14,17,21H,3-8H2,1-2H3;1H. The van der Waals surface area contributed by atoms with Gasteiger partial charge < -0.3 is 4.74 Å². The highest BCUT2D eigenvalue weighted by Crippen LogP contribution is 2.38. The van der Waals surface area contributed by atoms with E-state index in [-0.39, 0.29) is 13.1 Å². The highest BCUT2D eigenvalue weighted by atomic mass is 19.2. The maximum atomic E-state index is 14.2. The molecule has 1 aromatic rings. The van der Waals surface area contributed by atoms with Gasteiger partial charge in [0.2, 0.25) is 5.82 Å². The predicted molar refractivity (Wildman–Crippen MR) is 84.6 cm³/mol. The summed E-state index contributed by atoms with van der Waals surface area (Å²) in [6.45, 7) is 3.77. The van der Waals surface area contributed by atoms with Crippen LogP contribution in [0.1, 0.15) is 51.6 Å². The van der Waals surface area contributed by atoms with Gasteiger partial charge in [-0.1, -0.05) is 19.8 Å². The van der Waals surface area contributed by atoms with Crippen molar-refractivity contribution in [3.05, 3.63) is 28.8 Å². The van der Waals surface area contributed by atoms with Crippen LogP contribution in [0.3, 0.4) is 0 Å². The number of aryl methyl sites for hydroxylation is 2. The normalized spacial score (nSPS) is 28.8. The van der Waals surface area contributed by atoms with Gasteiger partial charge in [0, 0.05) is 1.43 Å². The van der Waals surface area contributed by atoms with Crippen molar-refractivity contribution in [2.24, 2.45) is 11.8 Å². The minimum atomic E-state index is -0.932. The molecule has 0 bridgehead atoms. The van der Waals surface area contributed by atoms with Crippen molar-refractivity contribution < 1.29 is 25.1 Å². The molecule has 0 amide bonds. The van der Waals surface area contributed by atoms with Crippen LogP contribution in [-0.2, 0) is 11.3 Å². The second kappa shape index (κ2) is 6.73. The first kappa shape index (κ1) is 16.7. The number of hydrogen-bond acceptors (Lipinski definition) is 3. The van der Waals surface area contributed by atoms with Crippen molar-refractivity contribution >= 4 is 0 Å². The molecule has 0 radical (unpaired) electrons. The van der Waals surface area contributed by atoms with Crippen LogP contribution in [-0.4, -0.2) is 17.5 Å². The van der Waals surface area contributed by atoms with Crippen LogP contribution in [0.15, 0.2) is 6.07 Å². The number of rotatable bonds is 3. The molecule has 2 aliphatic rings. The van der Waals surface area contributed by atoms with E-state index in [9.17, 15) is 14.0 Å². The van der Waals surface area contributed by atoms with Crippen molar-refractivity contribution in [2.45, 2.75) is 64.6 Å². The van der Waals surface area contributed by atoms with E-state index in [1.54, 1.807) is 13.0 Å². The zero-order chi connectivity index (χ0) is 16.6. The maximum Gasteiger partial charge on any atom is 0.201 e. The van der Waals surface area contributed by atoms with Gasteiger partial charge in [-0.2, -0.15) is 4.39 Å². The monoisotopic (exact) mass is 328 g/mol. The van der Waals surface area contributed by atoms with Gasteiger partial charge in [-0.15, -0.1) is 0 Å². The van der Waals surface area contributed by atoms with E-state index in [4.69, 9.17) is 9.62 Å². The van der Waals surface area contributed by atoms with Crippen LogP contribution in [0, 0.1) is 30.4 Å². The summed E-state index contributed by atoms with van der Waals surface area (Å²) in [5.74, 6) is -0.930. The van der Waals surface area contributed by atoms with Crippen LogP contribution < -0.4 is 4.74 Å². The Bertz CT molecular complexity index is 574. The van der Waals surface area contributed by atoms with Gasteiger partial charge in [-0.3, -0.25) is 5.26 Å². The fourth-order valence-corrected chi connectivity index (χ4v) is 3.93. The molecule has 1 aliphatic carbocycles. The minimum absolute atomic E-state index is 0. The first-order chi connectivity index (χ1) is 11.0. The Morgan fingerprint density at radius 1 is 1.22 bits per heavy atom. The Morgan fingerprint density at radius 3 is 2.57 bits per heavy atom. The quantitative estimate of drug-likeness (QED) is 0.634. The number of hydrogen-bond donors (Lipinski definition) is 1. The highest BCUT2D eigenvalue weighted by molar-refractivity contribution is 5.41. The van der Waals surface area contributed by atoms with Crippen LogP contribution >= 0.6 is 0 Å². The van der Waals surface area contributed by atoms with Gasteiger partial charge in [0.1, 0.15) is 12.2 Å². The van der Waals surface area contributed by atoms with Gasteiger partial charge in [-0.25, -0.2) is 9.28 Å². The van der Waals surface area contributed by atoms with E-state index in [0.29, 0.717) is 29.9 Å². The Morgan fingerprint density at radius 2 is 1.91 bits per heavy atom. The molecule has 2 atom stereocenters. The number of fused-ring (bicyclic) bond motifs is 1. The molecule has 1 fully saturated rings. The first-order valence-electron chi connectivity index (χ1n) is 8.45. The average Bonchev–Trinajstić information content (AvgIpc) is 2.56. The second-order valence-electron chi connectivity index (χ2n) is 7.09. The van der Waals surface area contributed by atoms with E-state index in [1.165, 1.54) is 0 Å². The Hall–Kier alpha value is -1.20. The first-order valence-corrected chi connectivity index (χ1v) is 8.45. The van der Waals surface area contributed by atoms with E-state index in [2.05, 4.69) is 6.92 Å². The summed E-state index contributed by atoms with van der Waals surface area (Å²) in [7, 11) is 0. The Labute approximate surface area is 137 Å². The van der Waals surface area contributed by atoms with E-state index in [1.807, 2.05) is 0 Å². The van der Waals surface area contributed by atoms with Gasteiger partial charge in [0.25, 0.3) is 0 Å². The van der Waals surface area contributed by atoms with Crippen LogP contribution in [0.2, 0.25) is 0 Å². The molecule has 1 N–H and O–H groups in total. The molecule has 23 heavy (non-hydrogen) atoms. The minimum Gasteiger partial charge on any atom is -0.484 e. The lowest BCUT2D eigenvalue weighted by Crippen LogP contribution is -2.42. The van der Waals surface area contributed by atoms with Crippen molar-refractivity contribution in [1.82, 2.24) is 0 Å².